The Labute approximate surface area is 186 Å². The van der Waals surface area contributed by atoms with E-state index < -0.39 is 0 Å². The molecule has 6 nitrogen and oxygen atoms in total. The average Bonchev–Trinajstić information content (AvgIpc) is 2.78. The summed E-state index contributed by atoms with van der Waals surface area (Å²) in [5.41, 5.74) is 5.45. The lowest BCUT2D eigenvalue weighted by Crippen LogP contribution is -2.38. The van der Waals surface area contributed by atoms with Crippen LogP contribution >= 0.6 is 11.8 Å². The molecule has 0 saturated heterocycles. The van der Waals surface area contributed by atoms with Crippen LogP contribution in [-0.4, -0.2) is 29.2 Å². The van der Waals surface area contributed by atoms with Gasteiger partial charge in [-0.2, -0.15) is 0 Å². The molecule has 0 saturated carbocycles. The van der Waals surface area contributed by atoms with Crippen molar-refractivity contribution in [1.29, 1.82) is 0 Å². The number of anilines is 3. The first kappa shape index (κ1) is 20.9. The number of carbonyl (C=O) groups is 2. The number of carbonyl (C=O) groups excluding carboxylic acids is 2. The number of nitrogens with one attached hydrogen (secondary N) is 2. The highest BCUT2D eigenvalue weighted by molar-refractivity contribution is 7.99. The molecule has 0 radical (unpaired) electrons. The molecule has 0 bridgehead atoms. The summed E-state index contributed by atoms with van der Waals surface area (Å²) in [4.78, 5) is 31.3. The van der Waals surface area contributed by atoms with Crippen molar-refractivity contribution in [2.75, 3.05) is 27.8 Å². The number of aromatic nitrogens is 1. The molecule has 2 aromatic carbocycles. The van der Waals surface area contributed by atoms with E-state index in [9.17, 15) is 9.59 Å². The minimum Gasteiger partial charge on any atom is -0.326 e. The Morgan fingerprint density at radius 3 is 2.65 bits per heavy atom. The molecule has 0 atom stereocenters. The molecule has 4 rings (SSSR count). The number of amides is 3. The van der Waals surface area contributed by atoms with Gasteiger partial charge in [-0.1, -0.05) is 24.3 Å². The zero-order chi connectivity index (χ0) is 21.8. The van der Waals surface area contributed by atoms with Crippen LogP contribution in [0.4, 0.5) is 21.9 Å². The molecule has 158 valence electrons. The van der Waals surface area contributed by atoms with Crippen LogP contribution in [-0.2, 0) is 11.2 Å². The summed E-state index contributed by atoms with van der Waals surface area (Å²) in [5, 5.41) is 6.78. The third-order valence-corrected chi connectivity index (χ3v) is 6.26. The molecule has 0 unspecified atom stereocenters. The summed E-state index contributed by atoms with van der Waals surface area (Å²) in [6.45, 7) is 4.65. The maximum atomic E-state index is 12.8. The molecule has 3 amide bonds. The smallest absolute Gasteiger partial charge is 0.326 e. The standard InChI is InChI=1S/C24H24N4O2S/c1-16-5-3-6-20(17(16)2)27-22(29)15-18-8-10-19(11-9-18)26-24(30)28-13-14-31-23-21(28)7-4-12-25-23/h3-12H,13-15H2,1-2H3,(H,26,30)(H,27,29). The minimum absolute atomic E-state index is 0.0691. The fourth-order valence-corrected chi connectivity index (χ4v) is 4.36. The highest BCUT2D eigenvalue weighted by Gasteiger charge is 2.23. The van der Waals surface area contributed by atoms with Crippen molar-refractivity contribution in [1.82, 2.24) is 4.98 Å². The maximum absolute atomic E-state index is 12.8. The van der Waals surface area contributed by atoms with E-state index >= 15 is 0 Å². The summed E-state index contributed by atoms with van der Waals surface area (Å²) in [6.07, 6.45) is 2.01. The minimum atomic E-state index is -0.185. The van der Waals surface area contributed by atoms with E-state index in [1.54, 1.807) is 22.9 Å². The lowest BCUT2D eigenvalue weighted by atomic mass is 10.1. The van der Waals surface area contributed by atoms with E-state index in [-0.39, 0.29) is 18.4 Å². The average molecular weight is 433 g/mol. The van der Waals surface area contributed by atoms with E-state index in [0.717, 1.165) is 38.8 Å². The number of aryl methyl sites for hydroxylation is 1. The van der Waals surface area contributed by atoms with Crippen molar-refractivity contribution < 1.29 is 9.59 Å². The van der Waals surface area contributed by atoms with Crippen LogP contribution in [0.25, 0.3) is 0 Å². The topological polar surface area (TPSA) is 74.3 Å². The molecule has 0 fully saturated rings. The Bertz CT molecular complexity index is 1110. The van der Waals surface area contributed by atoms with Crippen molar-refractivity contribution in [2.24, 2.45) is 0 Å². The molecule has 1 aliphatic rings. The van der Waals surface area contributed by atoms with E-state index in [4.69, 9.17) is 0 Å². The van der Waals surface area contributed by atoms with E-state index in [1.165, 1.54) is 0 Å². The number of urea groups is 1. The first-order valence-electron chi connectivity index (χ1n) is 10.1. The predicted molar refractivity (Wildman–Crippen MR) is 126 cm³/mol. The second-order valence-corrected chi connectivity index (χ2v) is 8.51. The van der Waals surface area contributed by atoms with Crippen LogP contribution in [0.5, 0.6) is 0 Å². The molecule has 1 aromatic heterocycles. The van der Waals surface area contributed by atoms with Crippen LogP contribution in [0.15, 0.2) is 65.8 Å². The molecule has 2 N–H and O–H groups in total. The van der Waals surface area contributed by atoms with Gasteiger partial charge in [0.1, 0.15) is 5.03 Å². The predicted octanol–water partition coefficient (Wildman–Crippen LogP) is 5.02. The summed E-state index contributed by atoms with van der Waals surface area (Å²) in [7, 11) is 0. The van der Waals surface area contributed by atoms with Gasteiger partial charge in [0, 0.05) is 29.9 Å². The van der Waals surface area contributed by atoms with E-state index in [0.29, 0.717) is 12.2 Å². The van der Waals surface area contributed by atoms with Gasteiger partial charge in [-0.05, 0) is 60.9 Å². The third kappa shape index (κ3) is 4.88. The fraction of sp³-hybridized carbons (Fsp3) is 0.208. The molecular formula is C24H24N4O2S. The van der Waals surface area contributed by atoms with Gasteiger partial charge in [0.15, 0.2) is 0 Å². The first-order valence-corrected chi connectivity index (χ1v) is 11.1. The number of nitrogens with zero attached hydrogens (tertiary/aromatic N) is 2. The Kier molecular flexibility index (Phi) is 6.23. The first-order chi connectivity index (χ1) is 15.0. The van der Waals surface area contributed by atoms with Crippen LogP contribution in [0, 0.1) is 13.8 Å². The lowest BCUT2D eigenvalue weighted by molar-refractivity contribution is -0.115. The van der Waals surface area contributed by atoms with Gasteiger partial charge in [0.25, 0.3) is 0 Å². The molecule has 1 aliphatic heterocycles. The molecule has 0 aliphatic carbocycles. The highest BCUT2D eigenvalue weighted by atomic mass is 32.2. The fourth-order valence-electron chi connectivity index (χ4n) is 3.43. The van der Waals surface area contributed by atoms with Crippen LogP contribution in [0.3, 0.4) is 0 Å². The van der Waals surface area contributed by atoms with Gasteiger partial charge >= 0.3 is 6.03 Å². The van der Waals surface area contributed by atoms with Crippen molar-refractivity contribution in [3.63, 3.8) is 0 Å². The summed E-state index contributed by atoms with van der Waals surface area (Å²) >= 11 is 1.66. The number of pyridine rings is 1. The Hall–Kier alpha value is -3.32. The van der Waals surface area contributed by atoms with Crippen LogP contribution < -0.4 is 15.5 Å². The summed E-state index contributed by atoms with van der Waals surface area (Å²) in [5.74, 6) is 0.742. The number of hydrogen-bond acceptors (Lipinski definition) is 4. The Morgan fingerprint density at radius 2 is 1.84 bits per heavy atom. The number of benzene rings is 2. The van der Waals surface area contributed by atoms with Gasteiger partial charge in [-0.3, -0.25) is 9.69 Å². The number of hydrogen-bond donors (Lipinski definition) is 2. The normalized spacial score (nSPS) is 12.8. The third-order valence-electron chi connectivity index (χ3n) is 5.29. The SMILES string of the molecule is Cc1cccc(NC(=O)Cc2ccc(NC(=O)N3CCSc4ncccc43)cc2)c1C. The number of rotatable bonds is 4. The molecule has 3 aromatic rings. The van der Waals surface area contributed by atoms with Gasteiger partial charge in [0.2, 0.25) is 5.91 Å². The van der Waals surface area contributed by atoms with Crippen LogP contribution in [0.1, 0.15) is 16.7 Å². The largest absolute Gasteiger partial charge is 0.326 e. The van der Waals surface area contributed by atoms with Gasteiger partial charge < -0.3 is 10.6 Å². The second kappa shape index (κ2) is 9.22. The van der Waals surface area contributed by atoms with Crippen molar-refractivity contribution in [3.05, 3.63) is 77.5 Å². The quantitative estimate of drug-likeness (QED) is 0.607. The lowest BCUT2D eigenvalue weighted by Gasteiger charge is -2.28. The molecular weight excluding hydrogens is 408 g/mol. The second-order valence-electron chi connectivity index (χ2n) is 7.43. The number of fused-ring (bicyclic) bond motifs is 1. The van der Waals surface area contributed by atoms with Crippen molar-refractivity contribution in [3.8, 4) is 0 Å². The van der Waals surface area contributed by atoms with Crippen LogP contribution in [0.2, 0.25) is 0 Å². The Balaban J connectivity index is 1.37. The van der Waals surface area contributed by atoms with Crippen molar-refractivity contribution in [2.45, 2.75) is 25.3 Å². The van der Waals surface area contributed by atoms with Gasteiger partial charge in [0.05, 0.1) is 12.1 Å². The monoisotopic (exact) mass is 432 g/mol. The van der Waals surface area contributed by atoms with Gasteiger partial charge in [-0.25, -0.2) is 9.78 Å². The summed E-state index contributed by atoms with van der Waals surface area (Å²) in [6, 6.07) is 16.8. The van der Waals surface area contributed by atoms with E-state index in [2.05, 4.69) is 15.6 Å². The molecule has 7 heteroatoms. The Morgan fingerprint density at radius 1 is 1.03 bits per heavy atom. The summed E-state index contributed by atoms with van der Waals surface area (Å²) < 4.78 is 0. The molecule has 31 heavy (non-hydrogen) atoms. The highest BCUT2D eigenvalue weighted by Crippen LogP contribution is 2.32. The van der Waals surface area contributed by atoms with Gasteiger partial charge in [-0.15, -0.1) is 11.8 Å². The van der Waals surface area contributed by atoms with Crippen molar-refractivity contribution >= 4 is 40.8 Å². The number of thioether (sulfide) groups is 1. The zero-order valence-electron chi connectivity index (χ0n) is 17.5. The molecule has 2 heterocycles. The molecule has 0 spiro atoms. The zero-order valence-corrected chi connectivity index (χ0v) is 18.3. The van der Waals surface area contributed by atoms with E-state index in [1.807, 2.05) is 68.4 Å². The maximum Gasteiger partial charge on any atom is 0.326 e.